The van der Waals surface area contributed by atoms with Crippen molar-refractivity contribution < 1.29 is 9.59 Å². The van der Waals surface area contributed by atoms with Crippen molar-refractivity contribution in [2.75, 3.05) is 11.2 Å². The molecule has 100 valence electrons. The van der Waals surface area contributed by atoms with E-state index < -0.39 is 0 Å². The summed E-state index contributed by atoms with van der Waals surface area (Å²) in [7, 11) is 0. The zero-order chi connectivity index (χ0) is 14.1. The standard InChI is InChI=1S/C14H10ClN3O2/c15-5-13(19)8-1-2-12-10(3-8)11(14(20)18-12)4-9-6-16-7-17-9/h1-4,6-7H,5H2,(H,16,17)(H,18,20)/b11-4-. The Balaban J connectivity index is 2.08. The highest BCUT2D eigenvalue weighted by Gasteiger charge is 2.25. The smallest absolute Gasteiger partial charge is 0.256 e. The van der Waals surface area contributed by atoms with E-state index in [1.165, 1.54) is 6.33 Å². The number of nitrogens with zero attached hydrogens (tertiary/aromatic N) is 1. The number of halogens is 1. The molecule has 1 aromatic heterocycles. The van der Waals surface area contributed by atoms with Gasteiger partial charge >= 0.3 is 0 Å². The number of nitrogens with one attached hydrogen (secondary N) is 2. The molecule has 0 aliphatic carbocycles. The van der Waals surface area contributed by atoms with Gasteiger partial charge in [0.15, 0.2) is 5.78 Å². The number of alkyl halides is 1. The third-order valence-electron chi connectivity index (χ3n) is 3.07. The van der Waals surface area contributed by atoms with Crippen LogP contribution in [0.5, 0.6) is 0 Å². The van der Waals surface area contributed by atoms with Crippen molar-refractivity contribution in [3.05, 3.63) is 47.5 Å². The number of rotatable bonds is 3. The van der Waals surface area contributed by atoms with E-state index in [1.54, 1.807) is 30.5 Å². The van der Waals surface area contributed by atoms with E-state index in [2.05, 4.69) is 15.3 Å². The summed E-state index contributed by atoms with van der Waals surface area (Å²) < 4.78 is 0. The van der Waals surface area contributed by atoms with Crippen LogP contribution in [-0.4, -0.2) is 27.5 Å². The third kappa shape index (κ3) is 2.12. The van der Waals surface area contributed by atoms with Crippen LogP contribution in [0, 0.1) is 0 Å². The SMILES string of the molecule is O=C1Nc2ccc(C(=O)CCl)cc2/C1=C/c1cnc[nH]1. The van der Waals surface area contributed by atoms with Gasteiger partial charge in [-0.3, -0.25) is 9.59 Å². The van der Waals surface area contributed by atoms with Crippen LogP contribution < -0.4 is 5.32 Å². The molecule has 5 nitrogen and oxygen atoms in total. The van der Waals surface area contributed by atoms with Gasteiger partial charge in [0.1, 0.15) is 0 Å². The molecule has 3 rings (SSSR count). The summed E-state index contributed by atoms with van der Waals surface area (Å²) in [5.74, 6) is -0.459. The number of hydrogen-bond acceptors (Lipinski definition) is 3. The Labute approximate surface area is 119 Å². The summed E-state index contributed by atoms with van der Waals surface area (Å²) in [6.07, 6.45) is 4.85. The second kappa shape index (κ2) is 4.94. The fraction of sp³-hybridized carbons (Fsp3) is 0.0714. The molecule has 6 heteroatoms. The molecule has 0 saturated carbocycles. The summed E-state index contributed by atoms with van der Waals surface area (Å²) >= 11 is 5.56. The van der Waals surface area contributed by atoms with Crippen LogP contribution >= 0.6 is 11.6 Å². The van der Waals surface area contributed by atoms with Crippen molar-refractivity contribution >= 4 is 40.6 Å². The summed E-state index contributed by atoms with van der Waals surface area (Å²) in [6.45, 7) is 0. The molecule has 1 amide bonds. The average Bonchev–Trinajstić information content (AvgIpc) is 3.07. The van der Waals surface area contributed by atoms with Crippen molar-refractivity contribution in [3.63, 3.8) is 0 Å². The van der Waals surface area contributed by atoms with E-state index in [0.29, 0.717) is 22.4 Å². The fourth-order valence-corrected chi connectivity index (χ4v) is 2.24. The Bertz CT molecular complexity index is 720. The van der Waals surface area contributed by atoms with Gasteiger partial charge in [0, 0.05) is 16.8 Å². The molecule has 2 N–H and O–H groups in total. The molecule has 0 radical (unpaired) electrons. The predicted molar refractivity (Wildman–Crippen MR) is 76.6 cm³/mol. The van der Waals surface area contributed by atoms with Crippen LogP contribution in [0.3, 0.4) is 0 Å². The molecule has 1 aromatic carbocycles. The third-order valence-corrected chi connectivity index (χ3v) is 3.31. The maximum absolute atomic E-state index is 12.0. The van der Waals surface area contributed by atoms with Gasteiger partial charge in [-0.05, 0) is 24.3 Å². The van der Waals surface area contributed by atoms with Gasteiger partial charge in [-0.25, -0.2) is 4.98 Å². The van der Waals surface area contributed by atoms with Crippen LogP contribution in [0.2, 0.25) is 0 Å². The normalized spacial score (nSPS) is 15.2. The molecule has 2 heterocycles. The minimum absolute atomic E-state index is 0.0836. The summed E-state index contributed by atoms with van der Waals surface area (Å²) in [6, 6.07) is 5.05. The number of imidazole rings is 1. The lowest BCUT2D eigenvalue weighted by Crippen LogP contribution is -2.03. The number of Topliss-reactive ketones (excluding diaryl/α,β-unsaturated/α-hetero) is 1. The number of carbonyl (C=O) groups is 2. The number of carbonyl (C=O) groups excluding carboxylic acids is 2. The predicted octanol–water partition coefficient (Wildman–Crippen LogP) is 2.32. The van der Waals surface area contributed by atoms with E-state index in [9.17, 15) is 9.59 Å². The lowest BCUT2D eigenvalue weighted by atomic mass is 10.0. The van der Waals surface area contributed by atoms with Crippen molar-refractivity contribution in [1.29, 1.82) is 0 Å². The Hall–Kier alpha value is -2.40. The number of aromatic nitrogens is 2. The molecule has 0 fully saturated rings. The monoisotopic (exact) mass is 287 g/mol. The first-order chi connectivity index (χ1) is 9.69. The number of hydrogen-bond donors (Lipinski definition) is 2. The summed E-state index contributed by atoms with van der Waals surface area (Å²) in [4.78, 5) is 30.4. The Morgan fingerprint density at radius 3 is 2.95 bits per heavy atom. The molecule has 1 aliphatic rings. The highest BCUT2D eigenvalue weighted by atomic mass is 35.5. The van der Waals surface area contributed by atoms with Crippen molar-refractivity contribution in [2.45, 2.75) is 0 Å². The first-order valence-electron chi connectivity index (χ1n) is 5.94. The molecular weight excluding hydrogens is 278 g/mol. The first kappa shape index (κ1) is 12.6. The van der Waals surface area contributed by atoms with E-state index in [0.717, 1.165) is 5.69 Å². The second-order valence-corrected chi connectivity index (χ2v) is 4.60. The van der Waals surface area contributed by atoms with Gasteiger partial charge in [-0.1, -0.05) is 0 Å². The molecule has 0 spiro atoms. The molecular formula is C14H10ClN3O2. The maximum atomic E-state index is 12.0. The van der Waals surface area contributed by atoms with Crippen molar-refractivity contribution in [1.82, 2.24) is 9.97 Å². The summed E-state index contributed by atoms with van der Waals surface area (Å²) in [5.41, 5.74) is 3.09. The van der Waals surface area contributed by atoms with Crippen LogP contribution in [0.25, 0.3) is 11.6 Å². The zero-order valence-electron chi connectivity index (χ0n) is 10.3. The number of aromatic amines is 1. The Morgan fingerprint density at radius 2 is 2.25 bits per heavy atom. The molecule has 20 heavy (non-hydrogen) atoms. The number of amides is 1. The Kier molecular flexibility index (Phi) is 3.12. The first-order valence-corrected chi connectivity index (χ1v) is 6.47. The number of benzene rings is 1. The number of H-pyrrole nitrogens is 1. The molecule has 2 aromatic rings. The average molecular weight is 288 g/mol. The van der Waals surface area contributed by atoms with Gasteiger partial charge in [0.2, 0.25) is 0 Å². The zero-order valence-corrected chi connectivity index (χ0v) is 11.1. The Morgan fingerprint density at radius 1 is 1.40 bits per heavy atom. The van der Waals surface area contributed by atoms with E-state index >= 15 is 0 Å². The highest BCUT2D eigenvalue weighted by Crippen LogP contribution is 2.33. The van der Waals surface area contributed by atoms with Crippen LogP contribution in [0.1, 0.15) is 21.6 Å². The number of anilines is 1. The van der Waals surface area contributed by atoms with Crippen LogP contribution in [0.15, 0.2) is 30.7 Å². The van der Waals surface area contributed by atoms with Gasteiger partial charge in [-0.15, -0.1) is 11.6 Å². The number of ketones is 1. The van der Waals surface area contributed by atoms with Gasteiger partial charge in [0.25, 0.3) is 5.91 Å². The van der Waals surface area contributed by atoms with Crippen LogP contribution in [0.4, 0.5) is 5.69 Å². The van der Waals surface area contributed by atoms with Crippen molar-refractivity contribution in [2.24, 2.45) is 0 Å². The minimum Gasteiger partial charge on any atom is -0.345 e. The topological polar surface area (TPSA) is 74.8 Å². The number of fused-ring (bicyclic) bond motifs is 1. The minimum atomic E-state index is -0.204. The molecule has 0 saturated heterocycles. The molecule has 0 atom stereocenters. The van der Waals surface area contributed by atoms with Crippen molar-refractivity contribution in [3.8, 4) is 0 Å². The van der Waals surface area contributed by atoms with E-state index in [4.69, 9.17) is 11.6 Å². The van der Waals surface area contributed by atoms with E-state index in [-0.39, 0.29) is 17.6 Å². The maximum Gasteiger partial charge on any atom is 0.256 e. The van der Waals surface area contributed by atoms with E-state index in [1.807, 2.05) is 0 Å². The largest absolute Gasteiger partial charge is 0.345 e. The highest BCUT2D eigenvalue weighted by molar-refractivity contribution is 6.35. The molecule has 1 aliphatic heterocycles. The lowest BCUT2D eigenvalue weighted by molar-refractivity contribution is -0.110. The van der Waals surface area contributed by atoms with Gasteiger partial charge in [0.05, 0.1) is 29.7 Å². The van der Waals surface area contributed by atoms with Gasteiger partial charge in [-0.2, -0.15) is 0 Å². The van der Waals surface area contributed by atoms with Gasteiger partial charge < -0.3 is 10.3 Å². The van der Waals surface area contributed by atoms with Crippen LogP contribution in [-0.2, 0) is 4.79 Å². The summed E-state index contributed by atoms with van der Waals surface area (Å²) in [5, 5.41) is 2.76. The molecule has 0 unspecified atom stereocenters. The quantitative estimate of drug-likeness (QED) is 0.517. The fourth-order valence-electron chi connectivity index (χ4n) is 2.08. The molecule has 0 bridgehead atoms. The lowest BCUT2D eigenvalue weighted by Gasteiger charge is -2.02. The second-order valence-electron chi connectivity index (χ2n) is 4.34.